The molecule has 0 aliphatic carbocycles. The summed E-state index contributed by atoms with van der Waals surface area (Å²) in [5.74, 6) is -0.282. The highest BCUT2D eigenvalue weighted by atomic mass is 32.2. The molecule has 0 aliphatic heterocycles. The molecule has 0 aliphatic rings. The molecule has 0 fully saturated rings. The third-order valence-corrected chi connectivity index (χ3v) is 5.71. The van der Waals surface area contributed by atoms with Gasteiger partial charge in [0.2, 0.25) is 15.9 Å². The van der Waals surface area contributed by atoms with Crippen LogP contribution >= 0.6 is 0 Å². The van der Waals surface area contributed by atoms with E-state index in [-0.39, 0.29) is 29.6 Å². The van der Waals surface area contributed by atoms with E-state index in [4.69, 9.17) is 5.73 Å². The maximum atomic E-state index is 12.5. The number of nitrogens with zero attached hydrogens (tertiary/aromatic N) is 1. The van der Waals surface area contributed by atoms with Crippen LogP contribution in [0.3, 0.4) is 0 Å². The van der Waals surface area contributed by atoms with Crippen LogP contribution in [0.4, 0.5) is 0 Å². The van der Waals surface area contributed by atoms with Crippen molar-refractivity contribution in [2.24, 2.45) is 5.73 Å². The molecule has 0 heterocycles. The minimum absolute atomic E-state index is 0.119. The van der Waals surface area contributed by atoms with Crippen LogP contribution in [0.5, 0.6) is 0 Å². The molecular formula is C17H27N3O4S. The summed E-state index contributed by atoms with van der Waals surface area (Å²) in [5, 5.41) is 2.80. The Hall–Kier alpha value is -1.77. The first-order valence-corrected chi connectivity index (χ1v) is 9.52. The largest absolute Gasteiger partial charge is 0.350 e. The van der Waals surface area contributed by atoms with Gasteiger partial charge in [-0.1, -0.05) is 12.1 Å². The smallest absolute Gasteiger partial charge is 0.242 e. The predicted molar refractivity (Wildman–Crippen MR) is 96.8 cm³/mol. The van der Waals surface area contributed by atoms with Gasteiger partial charge in [-0.25, -0.2) is 12.7 Å². The minimum Gasteiger partial charge on any atom is -0.350 e. The zero-order chi connectivity index (χ0) is 19.3. The lowest BCUT2D eigenvalue weighted by atomic mass is 10.1. The first kappa shape index (κ1) is 21.3. The number of benzene rings is 1. The second-order valence-electron chi connectivity index (χ2n) is 6.65. The standard InChI is InChI=1S/C17H27N3O4S/c1-13(21)14-7-9-15(10-8-14)25(23,24)20(4)11-5-6-16(22)19-17(2,3)12-18/h7-10H,5-6,11-12,18H2,1-4H3,(H,19,22). The molecule has 7 nitrogen and oxygen atoms in total. The van der Waals surface area contributed by atoms with Gasteiger partial charge < -0.3 is 11.1 Å². The lowest BCUT2D eigenvalue weighted by Gasteiger charge is -2.24. The lowest BCUT2D eigenvalue weighted by Crippen LogP contribution is -2.48. The van der Waals surface area contributed by atoms with Gasteiger partial charge >= 0.3 is 0 Å². The Morgan fingerprint density at radius 2 is 1.76 bits per heavy atom. The number of sulfonamides is 1. The summed E-state index contributed by atoms with van der Waals surface area (Å²) in [6.07, 6.45) is 0.611. The van der Waals surface area contributed by atoms with Crippen molar-refractivity contribution in [3.8, 4) is 0 Å². The summed E-state index contributed by atoms with van der Waals surface area (Å²) < 4.78 is 26.2. The number of hydrogen-bond donors (Lipinski definition) is 2. The predicted octanol–water partition coefficient (Wildman–Crippen LogP) is 1.14. The number of ketones is 1. The van der Waals surface area contributed by atoms with Crippen LogP contribution < -0.4 is 11.1 Å². The normalized spacial score (nSPS) is 12.2. The number of nitrogens with one attached hydrogen (secondary N) is 1. The summed E-state index contributed by atoms with van der Waals surface area (Å²) in [6, 6.07) is 5.81. The van der Waals surface area contributed by atoms with E-state index in [1.165, 1.54) is 42.5 Å². The Morgan fingerprint density at radius 1 is 1.20 bits per heavy atom. The number of Topliss-reactive ketones (excluding diaryl/α,β-unsaturated/α-hetero) is 1. The minimum atomic E-state index is -3.65. The molecule has 1 rings (SSSR count). The third kappa shape index (κ3) is 6.22. The Morgan fingerprint density at radius 3 is 2.24 bits per heavy atom. The fourth-order valence-electron chi connectivity index (χ4n) is 2.11. The molecule has 0 unspecified atom stereocenters. The fourth-order valence-corrected chi connectivity index (χ4v) is 3.32. The van der Waals surface area contributed by atoms with Crippen LogP contribution in [0.25, 0.3) is 0 Å². The molecule has 140 valence electrons. The maximum Gasteiger partial charge on any atom is 0.242 e. The Labute approximate surface area is 149 Å². The van der Waals surface area contributed by atoms with E-state index in [0.717, 1.165) is 0 Å². The van der Waals surface area contributed by atoms with Crippen molar-refractivity contribution in [2.75, 3.05) is 20.1 Å². The second kappa shape index (κ2) is 8.55. The van der Waals surface area contributed by atoms with Gasteiger partial charge in [0.05, 0.1) is 4.90 Å². The molecule has 25 heavy (non-hydrogen) atoms. The number of carbonyl (C=O) groups is 2. The fraction of sp³-hybridized carbons (Fsp3) is 0.529. The topological polar surface area (TPSA) is 110 Å². The molecule has 1 amide bonds. The molecule has 0 atom stereocenters. The number of amides is 1. The van der Waals surface area contributed by atoms with Crippen molar-refractivity contribution in [3.63, 3.8) is 0 Å². The molecule has 0 bridgehead atoms. The zero-order valence-electron chi connectivity index (χ0n) is 15.2. The van der Waals surface area contributed by atoms with Crippen molar-refractivity contribution >= 4 is 21.7 Å². The molecule has 3 N–H and O–H groups in total. The molecule has 1 aromatic rings. The summed E-state index contributed by atoms with van der Waals surface area (Å²) in [7, 11) is -2.18. The molecule has 1 aromatic carbocycles. The van der Waals surface area contributed by atoms with Crippen molar-refractivity contribution in [1.82, 2.24) is 9.62 Å². The summed E-state index contributed by atoms with van der Waals surface area (Å²) in [5.41, 5.74) is 5.54. The summed E-state index contributed by atoms with van der Waals surface area (Å²) in [6.45, 7) is 5.61. The zero-order valence-corrected chi connectivity index (χ0v) is 16.0. The van der Waals surface area contributed by atoms with Crippen LogP contribution in [-0.4, -0.2) is 50.1 Å². The van der Waals surface area contributed by atoms with Crippen LogP contribution in [0.1, 0.15) is 44.0 Å². The van der Waals surface area contributed by atoms with Crippen molar-refractivity contribution in [1.29, 1.82) is 0 Å². The lowest BCUT2D eigenvalue weighted by molar-refractivity contribution is -0.122. The summed E-state index contributed by atoms with van der Waals surface area (Å²) >= 11 is 0. The van der Waals surface area contributed by atoms with Crippen LogP contribution in [0, 0.1) is 0 Å². The molecule has 0 saturated carbocycles. The van der Waals surface area contributed by atoms with E-state index in [9.17, 15) is 18.0 Å². The maximum absolute atomic E-state index is 12.5. The average Bonchev–Trinajstić information content (AvgIpc) is 2.54. The summed E-state index contributed by atoms with van der Waals surface area (Å²) in [4.78, 5) is 23.2. The Kier molecular flexibility index (Phi) is 7.28. The van der Waals surface area contributed by atoms with Gasteiger partial charge in [-0.2, -0.15) is 0 Å². The van der Waals surface area contributed by atoms with E-state index in [1.807, 2.05) is 13.8 Å². The molecule has 0 spiro atoms. The first-order chi connectivity index (χ1) is 11.5. The van der Waals surface area contributed by atoms with E-state index >= 15 is 0 Å². The van der Waals surface area contributed by atoms with Crippen LogP contribution in [-0.2, 0) is 14.8 Å². The third-order valence-electron chi connectivity index (χ3n) is 3.83. The molecule has 0 aromatic heterocycles. The first-order valence-electron chi connectivity index (χ1n) is 8.08. The van der Waals surface area contributed by atoms with Gasteiger partial charge in [0.1, 0.15) is 0 Å². The van der Waals surface area contributed by atoms with Gasteiger partial charge in [-0.3, -0.25) is 9.59 Å². The van der Waals surface area contributed by atoms with Gasteiger partial charge in [0, 0.05) is 37.7 Å². The SMILES string of the molecule is CC(=O)c1ccc(S(=O)(=O)N(C)CCCC(=O)NC(C)(C)CN)cc1. The van der Waals surface area contributed by atoms with Crippen molar-refractivity contribution in [3.05, 3.63) is 29.8 Å². The highest BCUT2D eigenvalue weighted by Crippen LogP contribution is 2.16. The quantitative estimate of drug-likeness (QED) is 0.635. The van der Waals surface area contributed by atoms with E-state index in [2.05, 4.69) is 5.32 Å². The van der Waals surface area contributed by atoms with E-state index in [0.29, 0.717) is 18.5 Å². The highest BCUT2D eigenvalue weighted by Gasteiger charge is 2.22. The second-order valence-corrected chi connectivity index (χ2v) is 8.69. The van der Waals surface area contributed by atoms with Gasteiger partial charge in [0.15, 0.2) is 5.78 Å². The number of carbonyl (C=O) groups excluding carboxylic acids is 2. The van der Waals surface area contributed by atoms with Gasteiger partial charge in [0.25, 0.3) is 0 Å². The Balaban J connectivity index is 2.62. The monoisotopic (exact) mass is 369 g/mol. The van der Waals surface area contributed by atoms with Crippen LogP contribution in [0.2, 0.25) is 0 Å². The highest BCUT2D eigenvalue weighted by molar-refractivity contribution is 7.89. The number of rotatable bonds is 9. The van der Waals surface area contributed by atoms with E-state index in [1.54, 1.807) is 0 Å². The Bertz CT molecular complexity index is 712. The van der Waals surface area contributed by atoms with E-state index < -0.39 is 15.6 Å². The van der Waals surface area contributed by atoms with Crippen LogP contribution in [0.15, 0.2) is 29.2 Å². The number of nitrogens with two attached hydrogens (primary N) is 1. The molecule has 8 heteroatoms. The molecule has 0 radical (unpaired) electrons. The van der Waals surface area contributed by atoms with Gasteiger partial charge in [-0.15, -0.1) is 0 Å². The van der Waals surface area contributed by atoms with Crippen molar-refractivity contribution < 1.29 is 18.0 Å². The average molecular weight is 369 g/mol. The van der Waals surface area contributed by atoms with Crippen molar-refractivity contribution in [2.45, 2.75) is 44.0 Å². The molecular weight excluding hydrogens is 342 g/mol. The molecule has 0 saturated heterocycles. The van der Waals surface area contributed by atoms with Gasteiger partial charge in [-0.05, 0) is 39.3 Å². The number of hydrogen-bond acceptors (Lipinski definition) is 5.